The van der Waals surface area contributed by atoms with E-state index in [4.69, 9.17) is 4.52 Å². The van der Waals surface area contributed by atoms with Crippen LogP contribution in [0.4, 0.5) is 5.69 Å². The molecule has 0 saturated heterocycles. The van der Waals surface area contributed by atoms with Gasteiger partial charge in [0.25, 0.3) is 0 Å². The van der Waals surface area contributed by atoms with E-state index in [1.165, 1.54) is 0 Å². The fourth-order valence-electron chi connectivity index (χ4n) is 1.57. The number of hydrogen-bond donors (Lipinski definition) is 1. The molecule has 1 aromatic carbocycles. The third-order valence-corrected chi connectivity index (χ3v) is 2.44. The molecule has 0 atom stereocenters. The van der Waals surface area contributed by atoms with Gasteiger partial charge in [-0.2, -0.15) is 0 Å². The zero-order valence-electron chi connectivity index (χ0n) is 9.86. The molecule has 4 heteroatoms. The van der Waals surface area contributed by atoms with Gasteiger partial charge in [-0.25, -0.2) is 0 Å². The Morgan fingerprint density at radius 1 is 1.35 bits per heavy atom. The van der Waals surface area contributed by atoms with Crippen LogP contribution in [0.3, 0.4) is 0 Å². The number of carbonyl (C=O) groups excluding carboxylic acids is 1. The maximum Gasteiger partial charge on any atom is 0.230 e. The standard InChI is InChI=1S/C13H14N2O2/c1-9-5-3-4-6-12(9)14-13(16)8-11-7-10(2)17-15-11/h3-7H,8H2,1-2H3,(H,14,16). The van der Waals surface area contributed by atoms with Crippen molar-refractivity contribution < 1.29 is 9.32 Å². The summed E-state index contributed by atoms with van der Waals surface area (Å²) in [6.07, 6.45) is 0.228. The highest BCUT2D eigenvalue weighted by atomic mass is 16.5. The van der Waals surface area contributed by atoms with E-state index in [0.29, 0.717) is 11.5 Å². The number of nitrogens with zero attached hydrogens (tertiary/aromatic N) is 1. The Bertz CT molecular complexity index is 532. The number of nitrogens with one attached hydrogen (secondary N) is 1. The van der Waals surface area contributed by atoms with Gasteiger partial charge >= 0.3 is 0 Å². The van der Waals surface area contributed by atoms with Crippen molar-refractivity contribution in [3.8, 4) is 0 Å². The summed E-state index contributed by atoms with van der Waals surface area (Å²) >= 11 is 0. The van der Waals surface area contributed by atoms with E-state index in [2.05, 4.69) is 10.5 Å². The molecule has 0 unspecified atom stereocenters. The average molecular weight is 230 g/mol. The number of anilines is 1. The molecule has 4 nitrogen and oxygen atoms in total. The first-order chi connectivity index (χ1) is 8.15. The van der Waals surface area contributed by atoms with E-state index in [1.807, 2.05) is 31.2 Å². The van der Waals surface area contributed by atoms with Gasteiger partial charge in [0.1, 0.15) is 5.76 Å². The van der Waals surface area contributed by atoms with Crippen molar-refractivity contribution in [3.63, 3.8) is 0 Å². The molecule has 1 heterocycles. The molecule has 1 amide bonds. The van der Waals surface area contributed by atoms with Crippen molar-refractivity contribution in [1.82, 2.24) is 5.16 Å². The summed E-state index contributed by atoms with van der Waals surface area (Å²) in [4.78, 5) is 11.8. The van der Waals surface area contributed by atoms with E-state index < -0.39 is 0 Å². The number of aryl methyl sites for hydroxylation is 2. The minimum absolute atomic E-state index is 0.0902. The minimum Gasteiger partial charge on any atom is -0.361 e. The number of hydrogen-bond acceptors (Lipinski definition) is 3. The van der Waals surface area contributed by atoms with Gasteiger partial charge in [0.15, 0.2) is 0 Å². The molecule has 0 aliphatic heterocycles. The Labute approximate surface area is 99.6 Å². The maximum atomic E-state index is 11.8. The Kier molecular flexibility index (Phi) is 3.23. The number of para-hydroxylation sites is 1. The van der Waals surface area contributed by atoms with Crippen molar-refractivity contribution in [2.45, 2.75) is 20.3 Å². The molecular weight excluding hydrogens is 216 g/mol. The van der Waals surface area contributed by atoms with Gasteiger partial charge in [-0.15, -0.1) is 0 Å². The van der Waals surface area contributed by atoms with Crippen LogP contribution in [-0.2, 0) is 11.2 Å². The van der Waals surface area contributed by atoms with Gasteiger partial charge in [-0.05, 0) is 25.5 Å². The van der Waals surface area contributed by atoms with Crippen molar-refractivity contribution in [2.24, 2.45) is 0 Å². The summed E-state index contributed by atoms with van der Waals surface area (Å²) in [5.74, 6) is 0.622. The van der Waals surface area contributed by atoms with Gasteiger partial charge in [-0.3, -0.25) is 4.79 Å². The van der Waals surface area contributed by atoms with Gasteiger partial charge in [-0.1, -0.05) is 23.4 Å². The topological polar surface area (TPSA) is 55.1 Å². The molecule has 2 aromatic rings. The van der Waals surface area contributed by atoms with Crippen LogP contribution in [0, 0.1) is 13.8 Å². The van der Waals surface area contributed by atoms with Crippen LogP contribution >= 0.6 is 0 Å². The van der Waals surface area contributed by atoms with E-state index in [-0.39, 0.29) is 12.3 Å². The monoisotopic (exact) mass is 230 g/mol. The summed E-state index contributed by atoms with van der Waals surface area (Å²) in [5.41, 5.74) is 2.52. The lowest BCUT2D eigenvalue weighted by atomic mass is 10.2. The van der Waals surface area contributed by atoms with E-state index in [1.54, 1.807) is 13.0 Å². The van der Waals surface area contributed by atoms with Crippen LogP contribution in [0.5, 0.6) is 0 Å². The van der Waals surface area contributed by atoms with Crippen molar-refractivity contribution in [3.05, 3.63) is 47.3 Å². The number of rotatable bonds is 3. The highest BCUT2D eigenvalue weighted by Crippen LogP contribution is 2.13. The Morgan fingerprint density at radius 2 is 2.12 bits per heavy atom. The van der Waals surface area contributed by atoms with Gasteiger partial charge in [0, 0.05) is 11.8 Å². The predicted octanol–water partition coefficient (Wildman–Crippen LogP) is 2.47. The van der Waals surface area contributed by atoms with E-state index in [9.17, 15) is 4.79 Å². The fraction of sp³-hybridized carbons (Fsp3) is 0.231. The third-order valence-electron chi connectivity index (χ3n) is 2.44. The van der Waals surface area contributed by atoms with Crippen molar-refractivity contribution in [2.75, 3.05) is 5.32 Å². The molecule has 0 radical (unpaired) electrons. The quantitative estimate of drug-likeness (QED) is 0.881. The predicted molar refractivity (Wildman–Crippen MR) is 64.8 cm³/mol. The summed E-state index contributed by atoms with van der Waals surface area (Å²) in [5, 5.41) is 6.63. The first kappa shape index (κ1) is 11.4. The molecular formula is C13H14N2O2. The van der Waals surface area contributed by atoms with Crippen LogP contribution in [0.15, 0.2) is 34.9 Å². The number of benzene rings is 1. The molecule has 0 aliphatic rings. The normalized spacial score (nSPS) is 10.2. The molecule has 0 saturated carbocycles. The largest absolute Gasteiger partial charge is 0.361 e. The molecule has 2 rings (SSSR count). The lowest BCUT2D eigenvalue weighted by Gasteiger charge is -2.06. The highest BCUT2D eigenvalue weighted by molar-refractivity contribution is 5.92. The molecule has 0 fully saturated rings. The first-order valence-corrected chi connectivity index (χ1v) is 5.43. The molecule has 0 aliphatic carbocycles. The van der Waals surface area contributed by atoms with Crippen LogP contribution in [-0.4, -0.2) is 11.1 Å². The lowest BCUT2D eigenvalue weighted by molar-refractivity contribution is -0.115. The van der Waals surface area contributed by atoms with Crippen LogP contribution in [0.1, 0.15) is 17.0 Å². The average Bonchev–Trinajstić information content (AvgIpc) is 2.67. The van der Waals surface area contributed by atoms with Crippen molar-refractivity contribution in [1.29, 1.82) is 0 Å². The Morgan fingerprint density at radius 3 is 2.76 bits per heavy atom. The van der Waals surface area contributed by atoms with Crippen LogP contribution in [0.2, 0.25) is 0 Å². The fourth-order valence-corrected chi connectivity index (χ4v) is 1.57. The van der Waals surface area contributed by atoms with Gasteiger partial charge in [0.2, 0.25) is 5.91 Å². The summed E-state index contributed by atoms with van der Waals surface area (Å²) in [6.45, 7) is 3.76. The molecule has 0 spiro atoms. The zero-order chi connectivity index (χ0) is 12.3. The molecule has 1 aromatic heterocycles. The lowest BCUT2D eigenvalue weighted by Crippen LogP contribution is -2.15. The summed E-state index contributed by atoms with van der Waals surface area (Å²) in [7, 11) is 0. The zero-order valence-corrected chi connectivity index (χ0v) is 9.86. The smallest absolute Gasteiger partial charge is 0.230 e. The van der Waals surface area contributed by atoms with Crippen molar-refractivity contribution >= 4 is 11.6 Å². The van der Waals surface area contributed by atoms with E-state index in [0.717, 1.165) is 11.3 Å². The minimum atomic E-state index is -0.0902. The van der Waals surface area contributed by atoms with E-state index >= 15 is 0 Å². The Balaban J connectivity index is 2.01. The summed E-state index contributed by atoms with van der Waals surface area (Å²) in [6, 6.07) is 9.42. The van der Waals surface area contributed by atoms with Gasteiger partial charge in [0.05, 0.1) is 12.1 Å². The number of amides is 1. The van der Waals surface area contributed by atoms with Crippen LogP contribution < -0.4 is 5.32 Å². The van der Waals surface area contributed by atoms with Crippen LogP contribution in [0.25, 0.3) is 0 Å². The molecule has 88 valence electrons. The maximum absolute atomic E-state index is 11.8. The van der Waals surface area contributed by atoms with Gasteiger partial charge < -0.3 is 9.84 Å². The Hall–Kier alpha value is -2.10. The first-order valence-electron chi connectivity index (χ1n) is 5.43. The molecule has 0 bridgehead atoms. The second-order valence-electron chi connectivity index (χ2n) is 3.97. The second kappa shape index (κ2) is 4.82. The third kappa shape index (κ3) is 2.93. The molecule has 1 N–H and O–H groups in total. The number of carbonyl (C=O) groups is 1. The second-order valence-corrected chi connectivity index (χ2v) is 3.97. The summed E-state index contributed by atoms with van der Waals surface area (Å²) < 4.78 is 4.91. The number of aromatic nitrogens is 1. The highest BCUT2D eigenvalue weighted by Gasteiger charge is 2.08. The molecule has 17 heavy (non-hydrogen) atoms. The SMILES string of the molecule is Cc1cc(CC(=O)Nc2ccccc2C)no1.